The highest BCUT2D eigenvalue weighted by Gasteiger charge is 2.13. The van der Waals surface area contributed by atoms with Crippen LogP contribution in [0.4, 0.5) is 5.69 Å². The molecule has 5 heteroatoms. The zero-order valence-electron chi connectivity index (χ0n) is 10.8. The monoisotopic (exact) mass is 250 g/mol. The number of aryl methyl sites for hydroxylation is 1. The number of anilines is 1. The molecule has 98 valence electrons. The molecule has 0 aliphatic carbocycles. The second-order valence-corrected chi connectivity index (χ2v) is 4.46. The summed E-state index contributed by atoms with van der Waals surface area (Å²) < 4.78 is 0. The Bertz CT molecular complexity index is 413. The second-order valence-electron chi connectivity index (χ2n) is 4.46. The van der Waals surface area contributed by atoms with Gasteiger partial charge in [-0.25, -0.2) is 5.48 Å². The minimum atomic E-state index is -0.809. The number of carbonyl (C=O) groups is 2. The third-order valence-corrected chi connectivity index (χ3v) is 2.10. The lowest BCUT2D eigenvalue weighted by Gasteiger charge is -2.08. The van der Waals surface area contributed by atoms with E-state index in [2.05, 4.69) is 10.8 Å². The van der Waals surface area contributed by atoms with Crippen molar-refractivity contribution in [3.63, 3.8) is 0 Å². The van der Waals surface area contributed by atoms with Gasteiger partial charge < -0.3 is 5.32 Å². The van der Waals surface area contributed by atoms with Crippen molar-refractivity contribution in [1.29, 1.82) is 0 Å². The van der Waals surface area contributed by atoms with Crippen LogP contribution in [0.25, 0.3) is 0 Å². The zero-order valence-corrected chi connectivity index (χ0v) is 10.8. The topological polar surface area (TPSA) is 67.4 Å². The number of hydrogen-bond donors (Lipinski definition) is 2. The number of rotatable bonds is 4. The van der Waals surface area contributed by atoms with Gasteiger partial charge in [-0.2, -0.15) is 0 Å². The maximum atomic E-state index is 11.5. The molecule has 0 aliphatic heterocycles. The largest absolute Gasteiger partial charge is 0.333 e. The van der Waals surface area contributed by atoms with Gasteiger partial charge in [0.15, 0.2) is 0 Å². The predicted octanol–water partition coefficient (Wildman–Crippen LogP) is 1.64. The third kappa shape index (κ3) is 4.97. The lowest BCUT2D eigenvalue weighted by molar-refractivity contribution is -0.145. The first kappa shape index (κ1) is 14.2. The molecule has 1 rings (SSSR count). The summed E-state index contributed by atoms with van der Waals surface area (Å²) in [6, 6.07) is 7.16. The van der Waals surface area contributed by atoms with Gasteiger partial charge in [0.05, 0.1) is 6.61 Å². The third-order valence-electron chi connectivity index (χ3n) is 2.10. The Kier molecular flexibility index (Phi) is 5.32. The first-order valence-corrected chi connectivity index (χ1v) is 5.79. The van der Waals surface area contributed by atoms with Crippen molar-refractivity contribution < 1.29 is 14.4 Å². The fraction of sp³-hybridized carbons (Fsp3) is 0.385. The Morgan fingerprint density at radius 3 is 2.33 bits per heavy atom. The standard InChI is InChI=1S/C13H18N2O3/c1-9(2)8-18-15-13(17)12(16)14-11-6-4-10(3)5-7-11/h4-7,9H,8H2,1-3H3,(H,14,16)(H,15,17). The van der Waals surface area contributed by atoms with Crippen LogP contribution in [0.15, 0.2) is 24.3 Å². The van der Waals surface area contributed by atoms with E-state index < -0.39 is 11.8 Å². The van der Waals surface area contributed by atoms with Crippen LogP contribution in [0.1, 0.15) is 19.4 Å². The van der Waals surface area contributed by atoms with E-state index in [1.54, 1.807) is 12.1 Å². The van der Waals surface area contributed by atoms with Crippen LogP contribution in [-0.2, 0) is 14.4 Å². The molecule has 0 heterocycles. The molecule has 0 unspecified atom stereocenters. The number of nitrogens with one attached hydrogen (secondary N) is 2. The van der Waals surface area contributed by atoms with Gasteiger partial charge in [0.25, 0.3) is 0 Å². The average molecular weight is 250 g/mol. The molecule has 1 aromatic carbocycles. The molecule has 0 spiro atoms. The Balaban J connectivity index is 2.40. The van der Waals surface area contributed by atoms with Gasteiger partial charge >= 0.3 is 11.8 Å². The van der Waals surface area contributed by atoms with Crippen LogP contribution < -0.4 is 10.8 Å². The molecule has 2 amide bonds. The number of benzene rings is 1. The van der Waals surface area contributed by atoms with Gasteiger partial charge in [0.1, 0.15) is 0 Å². The maximum absolute atomic E-state index is 11.5. The van der Waals surface area contributed by atoms with E-state index in [-0.39, 0.29) is 5.92 Å². The number of amides is 2. The Hall–Kier alpha value is -1.88. The molecule has 0 radical (unpaired) electrons. The van der Waals surface area contributed by atoms with E-state index >= 15 is 0 Å². The van der Waals surface area contributed by atoms with Crippen LogP contribution >= 0.6 is 0 Å². The summed E-state index contributed by atoms with van der Waals surface area (Å²) in [5, 5.41) is 2.48. The summed E-state index contributed by atoms with van der Waals surface area (Å²) in [6.45, 7) is 6.19. The fourth-order valence-corrected chi connectivity index (χ4v) is 1.14. The minimum absolute atomic E-state index is 0.283. The van der Waals surface area contributed by atoms with E-state index in [9.17, 15) is 9.59 Å². The number of carbonyl (C=O) groups excluding carboxylic acids is 2. The van der Waals surface area contributed by atoms with Crippen molar-refractivity contribution in [2.45, 2.75) is 20.8 Å². The highest BCUT2D eigenvalue weighted by atomic mass is 16.7. The van der Waals surface area contributed by atoms with E-state index in [0.717, 1.165) is 5.56 Å². The number of hydroxylamine groups is 1. The molecule has 0 saturated carbocycles. The zero-order chi connectivity index (χ0) is 13.5. The number of hydrogen-bond acceptors (Lipinski definition) is 3. The highest BCUT2D eigenvalue weighted by molar-refractivity contribution is 6.39. The first-order valence-electron chi connectivity index (χ1n) is 5.79. The lowest BCUT2D eigenvalue weighted by Crippen LogP contribution is -2.36. The smallest absolute Gasteiger partial charge is 0.318 e. The summed E-state index contributed by atoms with van der Waals surface area (Å²) in [5.74, 6) is -1.27. The Morgan fingerprint density at radius 1 is 1.17 bits per heavy atom. The minimum Gasteiger partial charge on any atom is -0.318 e. The van der Waals surface area contributed by atoms with Crippen LogP contribution in [0.5, 0.6) is 0 Å². The summed E-state index contributed by atoms with van der Waals surface area (Å²) in [5.41, 5.74) is 3.75. The summed E-state index contributed by atoms with van der Waals surface area (Å²) in [7, 11) is 0. The van der Waals surface area contributed by atoms with Crippen molar-refractivity contribution >= 4 is 17.5 Å². The lowest BCUT2D eigenvalue weighted by atomic mass is 10.2. The fourth-order valence-electron chi connectivity index (χ4n) is 1.14. The average Bonchev–Trinajstić information content (AvgIpc) is 2.31. The molecular formula is C13H18N2O3. The second kappa shape index (κ2) is 6.76. The van der Waals surface area contributed by atoms with Crippen LogP contribution in [-0.4, -0.2) is 18.4 Å². The van der Waals surface area contributed by atoms with Crippen LogP contribution in [0.2, 0.25) is 0 Å². The summed E-state index contributed by atoms with van der Waals surface area (Å²) in [6.07, 6.45) is 0. The molecule has 2 N–H and O–H groups in total. The molecule has 1 aromatic rings. The van der Waals surface area contributed by atoms with E-state index in [1.165, 1.54) is 0 Å². The van der Waals surface area contributed by atoms with Gasteiger partial charge in [0, 0.05) is 5.69 Å². The van der Waals surface area contributed by atoms with Gasteiger partial charge in [-0.3, -0.25) is 14.4 Å². The normalized spacial score (nSPS) is 10.2. The quantitative estimate of drug-likeness (QED) is 0.630. The van der Waals surface area contributed by atoms with Crippen LogP contribution in [0, 0.1) is 12.8 Å². The Morgan fingerprint density at radius 2 is 1.78 bits per heavy atom. The maximum Gasteiger partial charge on any atom is 0.333 e. The van der Waals surface area contributed by atoms with Gasteiger partial charge in [-0.1, -0.05) is 31.5 Å². The molecule has 0 aliphatic rings. The van der Waals surface area contributed by atoms with Gasteiger partial charge in [-0.05, 0) is 25.0 Å². The predicted molar refractivity (Wildman–Crippen MR) is 68.7 cm³/mol. The van der Waals surface area contributed by atoms with E-state index in [4.69, 9.17) is 4.84 Å². The molecule has 0 saturated heterocycles. The molecule has 0 bridgehead atoms. The van der Waals surface area contributed by atoms with Crippen LogP contribution in [0.3, 0.4) is 0 Å². The molecule has 5 nitrogen and oxygen atoms in total. The van der Waals surface area contributed by atoms with Crippen molar-refractivity contribution in [3.8, 4) is 0 Å². The van der Waals surface area contributed by atoms with E-state index in [1.807, 2.05) is 32.9 Å². The first-order chi connectivity index (χ1) is 8.49. The summed E-state index contributed by atoms with van der Waals surface area (Å²) in [4.78, 5) is 27.7. The Labute approximate surface area is 106 Å². The van der Waals surface area contributed by atoms with Crippen molar-refractivity contribution in [3.05, 3.63) is 29.8 Å². The molecule has 18 heavy (non-hydrogen) atoms. The SMILES string of the molecule is Cc1ccc(NC(=O)C(=O)NOCC(C)C)cc1. The molecular weight excluding hydrogens is 232 g/mol. The van der Waals surface area contributed by atoms with Gasteiger partial charge in [0.2, 0.25) is 0 Å². The van der Waals surface area contributed by atoms with Crippen molar-refractivity contribution in [2.24, 2.45) is 5.92 Å². The molecule has 0 aromatic heterocycles. The van der Waals surface area contributed by atoms with Gasteiger partial charge in [-0.15, -0.1) is 0 Å². The van der Waals surface area contributed by atoms with Crippen molar-refractivity contribution in [1.82, 2.24) is 5.48 Å². The summed E-state index contributed by atoms with van der Waals surface area (Å²) >= 11 is 0. The highest BCUT2D eigenvalue weighted by Crippen LogP contribution is 2.08. The molecule has 0 atom stereocenters. The van der Waals surface area contributed by atoms with Crippen molar-refractivity contribution in [2.75, 3.05) is 11.9 Å². The molecule has 0 fully saturated rings. The van der Waals surface area contributed by atoms with E-state index in [0.29, 0.717) is 12.3 Å².